The second kappa shape index (κ2) is 4.42. The minimum atomic E-state index is 0.166. The van der Waals surface area contributed by atoms with E-state index in [-0.39, 0.29) is 5.41 Å². The molecule has 0 saturated carbocycles. The summed E-state index contributed by atoms with van der Waals surface area (Å²) in [6.07, 6.45) is 1.92. The molecule has 14 heavy (non-hydrogen) atoms. The first kappa shape index (κ1) is 11.0. The summed E-state index contributed by atoms with van der Waals surface area (Å²) in [5.74, 6) is 0.892. The van der Waals surface area contributed by atoms with E-state index in [1.165, 1.54) is 5.56 Å². The third-order valence-corrected chi connectivity index (χ3v) is 2.08. The van der Waals surface area contributed by atoms with Crippen LogP contribution in [0.25, 0.3) is 0 Å². The average Bonchev–Trinajstić information content (AvgIpc) is 2.14. The molecule has 0 bridgehead atoms. The van der Waals surface area contributed by atoms with Crippen molar-refractivity contribution in [3.63, 3.8) is 0 Å². The Hall–Kier alpha value is -1.09. The predicted octanol–water partition coefficient (Wildman–Crippen LogP) is 1.75. The molecule has 0 fully saturated rings. The summed E-state index contributed by atoms with van der Waals surface area (Å²) in [7, 11) is 0. The van der Waals surface area contributed by atoms with Crippen LogP contribution < -0.4 is 11.1 Å². The molecule has 0 atom stereocenters. The molecule has 3 N–H and O–H groups in total. The van der Waals surface area contributed by atoms with Gasteiger partial charge in [-0.3, -0.25) is 0 Å². The number of rotatable bonds is 3. The minimum absolute atomic E-state index is 0.166. The van der Waals surface area contributed by atoms with Crippen LogP contribution in [0.2, 0.25) is 0 Å². The van der Waals surface area contributed by atoms with Crippen LogP contribution in [0.1, 0.15) is 26.3 Å². The normalized spacial score (nSPS) is 11.4. The zero-order valence-electron chi connectivity index (χ0n) is 9.17. The molecule has 0 spiro atoms. The highest BCUT2D eigenvalue weighted by Crippen LogP contribution is 2.21. The van der Waals surface area contributed by atoms with Crippen LogP contribution in [-0.4, -0.2) is 18.1 Å². The van der Waals surface area contributed by atoms with Gasteiger partial charge in [0.2, 0.25) is 0 Å². The molecule has 0 unspecified atom stereocenters. The monoisotopic (exact) mass is 193 g/mol. The molecule has 3 heteroatoms. The average molecular weight is 193 g/mol. The number of hydrogen-bond donors (Lipinski definition) is 2. The van der Waals surface area contributed by atoms with E-state index < -0.39 is 0 Å². The van der Waals surface area contributed by atoms with Crippen molar-refractivity contribution in [2.75, 3.05) is 18.4 Å². The number of anilines is 1. The summed E-state index contributed by atoms with van der Waals surface area (Å²) in [4.78, 5) is 4.32. The lowest BCUT2D eigenvalue weighted by Crippen LogP contribution is -2.15. The van der Waals surface area contributed by atoms with Gasteiger partial charge in [-0.2, -0.15) is 0 Å². The van der Waals surface area contributed by atoms with Crippen LogP contribution in [-0.2, 0) is 5.41 Å². The fourth-order valence-corrected chi connectivity index (χ4v) is 1.14. The second-order valence-corrected chi connectivity index (χ2v) is 4.40. The molecule has 1 aromatic heterocycles. The van der Waals surface area contributed by atoms with Crippen LogP contribution in [0, 0.1) is 0 Å². The Balaban J connectivity index is 2.69. The van der Waals surface area contributed by atoms with E-state index >= 15 is 0 Å². The summed E-state index contributed by atoms with van der Waals surface area (Å²) in [6.45, 7) is 7.93. The fraction of sp³-hybridized carbons (Fsp3) is 0.545. The van der Waals surface area contributed by atoms with Gasteiger partial charge in [-0.05, 0) is 17.0 Å². The number of nitrogens with zero attached hydrogens (tertiary/aromatic N) is 1. The standard InChI is InChI=1S/C11H19N3/c1-11(2,3)9-4-5-10(14-8-9)13-7-6-12/h4-5,8H,6-7,12H2,1-3H3,(H,13,14). The van der Waals surface area contributed by atoms with Crippen molar-refractivity contribution in [1.82, 2.24) is 4.98 Å². The van der Waals surface area contributed by atoms with Crippen molar-refractivity contribution >= 4 is 5.82 Å². The fourth-order valence-electron chi connectivity index (χ4n) is 1.14. The third-order valence-electron chi connectivity index (χ3n) is 2.08. The highest BCUT2D eigenvalue weighted by atomic mass is 15.0. The molecule has 0 radical (unpaired) electrons. The van der Waals surface area contributed by atoms with Crippen LogP contribution >= 0.6 is 0 Å². The van der Waals surface area contributed by atoms with Gasteiger partial charge in [-0.15, -0.1) is 0 Å². The molecular formula is C11H19N3. The number of pyridine rings is 1. The Labute approximate surface area is 85.7 Å². The summed E-state index contributed by atoms with van der Waals surface area (Å²) in [5, 5.41) is 3.14. The number of nitrogens with one attached hydrogen (secondary N) is 1. The molecule has 78 valence electrons. The Bertz CT molecular complexity index is 272. The van der Waals surface area contributed by atoms with Crippen molar-refractivity contribution in [3.05, 3.63) is 23.9 Å². The highest BCUT2D eigenvalue weighted by Gasteiger charge is 2.13. The van der Waals surface area contributed by atoms with Crippen LogP contribution in [0.3, 0.4) is 0 Å². The van der Waals surface area contributed by atoms with Gasteiger partial charge in [0.1, 0.15) is 5.82 Å². The minimum Gasteiger partial charge on any atom is -0.369 e. The lowest BCUT2D eigenvalue weighted by Gasteiger charge is -2.18. The zero-order chi connectivity index (χ0) is 10.6. The molecule has 1 aromatic rings. The van der Waals surface area contributed by atoms with Gasteiger partial charge in [0, 0.05) is 19.3 Å². The SMILES string of the molecule is CC(C)(C)c1ccc(NCCN)nc1. The highest BCUT2D eigenvalue weighted by molar-refractivity contribution is 5.36. The van der Waals surface area contributed by atoms with Gasteiger partial charge in [0.25, 0.3) is 0 Å². The van der Waals surface area contributed by atoms with E-state index in [0.717, 1.165) is 12.4 Å². The van der Waals surface area contributed by atoms with Gasteiger partial charge < -0.3 is 11.1 Å². The molecule has 0 aliphatic carbocycles. The van der Waals surface area contributed by atoms with Gasteiger partial charge >= 0.3 is 0 Å². The molecule has 0 aliphatic heterocycles. The maximum absolute atomic E-state index is 5.39. The Kier molecular flexibility index (Phi) is 3.47. The maximum Gasteiger partial charge on any atom is 0.125 e. The molecule has 1 rings (SSSR count). The van der Waals surface area contributed by atoms with E-state index in [0.29, 0.717) is 6.54 Å². The van der Waals surface area contributed by atoms with Gasteiger partial charge in [0.15, 0.2) is 0 Å². The van der Waals surface area contributed by atoms with Crippen molar-refractivity contribution in [2.45, 2.75) is 26.2 Å². The predicted molar refractivity (Wildman–Crippen MR) is 60.5 cm³/mol. The molecule has 0 aromatic carbocycles. The Morgan fingerprint density at radius 3 is 2.50 bits per heavy atom. The van der Waals surface area contributed by atoms with E-state index in [4.69, 9.17) is 5.73 Å². The first-order valence-electron chi connectivity index (χ1n) is 4.94. The van der Waals surface area contributed by atoms with Crippen molar-refractivity contribution in [3.8, 4) is 0 Å². The van der Waals surface area contributed by atoms with Crippen LogP contribution in [0.15, 0.2) is 18.3 Å². The lowest BCUT2D eigenvalue weighted by molar-refractivity contribution is 0.587. The number of aromatic nitrogens is 1. The van der Waals surface area contributed by atoms with E-state index in [9.17, 15) is 0 Å². The smallest absolute Gasteiger partial charge is 0.125 e. The van der Waals surface area contributed by atoms with Crippen LogP contribution in [0.5, 0.6) is 0 Å². The van der Waals surface area contributed by atoms with E-state index in [1.807, 2.05) is 12.3 Å². The Morgan fingerprint density at radius 1 is 1.36 bits per heavy atom. The topological polar surface area (TPSA) is 50.9 Å². The summed E-state index contributed by atoms with van der Waals surface area (Å²) in [5.41, 5.74) is 6.80. The van der Waals surface area contributed by atoms with Crippen LogP contribution in [0.4, 0.5) is 5.82 Å². The summed E-state index contributed by atoms with van der Waals surface area (Å²) >= 11 is 0. The largest absolute Gasteiger partial charge is 0.369 e. The van der Waals surface area contributed by atoms with Crippen molar-refractivity contribution in [2.24, 2.45) is 5.73 Å². The van der Waals surface area contributed by atoms with E-state index in [1.54, 1.807) is 0 Å². The quantitative estimate of drug-likeness (QED) is 0.769. The molecule has 0 saturated heterocycles. The molecule has 1 heterocycles. The molecule has 3 nitrogen and oxygen atoms in total. The lowest BCUT2D eigenvalue weighted by atomic mass is 9.88. The zero-order valence-corrected chi connectivity index (χ0v) is 9.17. The van der Waals surface area contributed by atoms with Gasteiger partial charge in [-0.1, -0.05) is 26.8 Å². The number of nitrogens with two attached hydrogens (primary N) is 1. The van der Waals surface area contributed by atoms with E-state index in [2.05, 4.69) is 37.1 Å². The Morgan fingerprint density at radius 2 is 2.07 bits per heavy atom. The van der Waals surface area contributed by atoms with Gasteiger partial charge in [0.05, 0.1) is 0 Å². The second-order valence-electron chi connectivity index (χ2n) is 4.40. The summed E-state index contributed by atoms with van der Waals surface area (Å²) in [6, 6.07) is 4.10. The van der Waals surface area contributed by atoms with Gasteiger partial charge in [-0.25, -0.2) is 4.98 Å². The first-order chi connectivity index (χ1) is 6.54. The van der Waals surface area contributed by atoms with Crippen molar-refractivity contribution < 1.29 is 0 Å². The molecule has 0 amide bonds. The summed E-state index contributed by atoms with van der Waals surface area (Å²) < 4.78 is 0. The molecular weight excluding hydrogens is 174 g/mol. The van der Waals surface area contributed by atoms with Crippen molar-refractivity contribution in [1.29, 1.82) is 0 Å². The third kappa shape index (κ3) is 3.00. The number of hydrogen-bond acceptors (Lipinski definition) is 3. The molecule has 0 aliphatic rings. The first-order valence-corrected chi connectivity index (χ1v) is 4.94. The maximum atomic E-state index is 5.39.